The SMILES string of the molecule is CN(CC1CCOC1)c1ccc(Cl)nn1. The third kappa shape index (κ3) is 2.79. The van der Waals surface area contributed by atoms with Crippen LogP contribution in [0.2, 0.25) is 5.15 Å². The fraction of sp³-hybridized carbons (Fsp3) is 0.600. The lowest BCUT2D eigenvalue weighted by atomic mass is 10.1. The van der Waals surface area contributed by atoms with Crippen LogP contribution in [0.1, 0.15) is 6.42 Å². The van der Waals surface area contributed by atoms with Crippen LogP contribution in [0.15, 0.2) is 12.1 Å². The third-order valence-corrected chi connectivity index (χ3v) is 2.77. The predicted molar refractivity (Wildman–Crippen MR) is 59.2 cm³/mol. The van der Waals surface area contributed by atoms with E-state index in [2.05, 4.69) is 15.1 Å². The number of aromatic nitrogens is 2. The second-order valence-electron chi connectivity index (χ2n) is 3.82. The maximum absolute atomic E-state index is 5.67. The number of halogens is 1. The molecule has 1 aromatic rings. The van der Waals surface area contributed by atoms with Gasteiger partial charge in [-0.1, -0.05) is 11.6 Å². The Morgan fingerprint density at radius 2 is 2.40 bits per heavy atom. The van der Waals surface area contributed by atoms with Crippen molar-refractivity contribution in [2.24, 2.45) is 5.92 Å². The van der Waals surface area contributed by atoms with Gasteiger partial charge in [0, 0.05) is 26.1 Å². The molecule has 2 heterocycles. The van der Waals surface area contributed by atoms with E-state index in [9.17, 15) is 0 Å². The van der Waals surface area contributed by atoms with E-state index in [-0.39, 0.29) is 0 Å². The van der Waals surface area contributed by atoms with Crippen LogP contribution in [-0.4, -0.2) is 37.0 Å². The highest BCUT2D eigenvalue weighted by Crippen LogP contribution is 2.17. The van der Waals surface area contributed by atoms with Crippen LogP contribution in [0.4, 0.5) is 5.82 Å². The molecule has 1 unspecified atom stereocenters. The molecule has 4 nitrogen and oxygen atoms in total. The van der Waals surface area contributed by atoms with Crippen molar-refractivity contribution >= 4 is 17.4 Å². The molecule has 0 radical (unpaired) electrons. The molecule has 0 N–H and O–H groups in total. The molecule has 0 bridgehead atoms. The van der Waals surface area contributed by atoms with Crippen molar-refractivity contribution in [2.45, 2.75) is 6.42 Å². The Morgan fingerprint density at radius 1 is 1.53 bits per heavy atom. The lowest BCUT2D eigenvalue weighted by molar-refractivity contribution is 0.186. The zero-order valence-corrected chi connectivity index (χ0v) is 9.44. The average Bonchev–Trinajstić information content (AvgIpc) is 2.71. The lowest BCUT2D eigenvalue weighted by Crippen LogP contribution is -2.26. The summed E-state index contributed by atoms with van der Waals surface area (Å²) in [5.74, 6) is 1.46. The molecule has 1 aromatic heterocycles. The molecule has 1 atom stereocenters. The highest BCUT2D eigenvalue weighted by molar-refractivity contribution is 6.29. The van der Waals surface area contributed by atoms with Crippen molar-refractivity contribution in [3.05, 3.63) is 17.3 Å². The van der Waals surface area contributed by atoms with Gasteiger partial charge in [0.15, 0.2) is 11.0 Å². The minimum absolute atomic E-state index is 0.427. The van der Waals surface area contributed by atoms with Crippen molar-refractivity contribution in [2.75, 3.05) is 31.7 Å². The van der Waals surface area contributed by atoms with Crippen LogP contribution in [-0.2, 0) is 4.74 Å². The van der Waals surface area contributed by atoms with Crippen LogP contribution < -0.4 is 4.90 Å². The first-order valence-electron chi connectivity index (χ1n) is 5.04. The van der Waals surface area contributed by atoms with Crippen LogP contribution >= 0.6 is 11.6 Å². The van der Waals surface area contributed by atoms with Crippen molar-refractivity contribution in [3.63, 3.8) is 0 Å². The summed E-state index contributed by atoms with van der Waals surface area (Å²) in [6.45, 7) is 2.69. The highest BCUT2D eigenvalue weighted by Gasteiger charge is 2.18. The molecule has 1 saturated heterocycles. The topological polar surface area (TPSA) is 38.2 Å². The number of rotatable bonds is 3. The van der Waals surface area contributed by atoms with Gasteiger partial charge in [-0.15, -0.1) is 10.2 Å². The first-order chi connectivity index (χ1) is 7.25. The van der Waals surface area contributed by atoms with Gasteiger partial charge in [-0.25, -0.2) is 0 Å². The van der Waals surface area contributed by atoms with E-state index in [0.717, 1.165) is 32.0 Å². The zero-order valence-electron chi connectivity index (χ0n) is 8.69. The van der Waals surface area contributed by atoms with Crippen LogP contribution in [0.3, 0.4) is 0 Å². The van der Waals surface area contributed by atoms with Crippen molar-refractivity contribution in [1.29, 1.82) is 0 Å². The summed E-state index contributed by atoms with van der Waals surface area (Å²) in [5, 5.41) is 8.27. The Morgan fingerprint density at radius 3 is 3.00 bits per heavy atom. The number of hydrogen-bond acceptors (Lipinski definition) is 4. The van der Waals surface area contributed by atoms with Gasteiger partial charge in [0.25, 0.3) is 0 Å². The Kier molecular flexibility index (Phi) is 3.38. The minimum Gasteiger partial charge on any atom is -0.381 e. The summed E-state index contributed by atoms with van der Waals surface area (Å²) in [6, 6.07) is 3.64. The lowest BCUT2D eigenvalue weighted by Gasteiger charge is -2.20. The van der Waals surface area contributed by atoms with E-state index < -0.39 is 0 Å². The van der Waals surface area contributed by atoms with Gasteiger partial charge >= 0.3 is 0 Å². The second kappa shape index (κ2) is 4.77. The van der Waals surface area contributed by atoms with E-state index in [4.69, 9.17) is 16.3 Å². The summed E-state index contributed by atoms with van der Waals surface area (Å²) < 4.78 is 5.33. The first-order valence-corrected chi connectivity index (χ1v) is 5.41. The smallest absolute Gasteiger partial charge is 0.151 e. The Labute approximate surface area is 94.2 Å². The third-order valence-electron chi connectivity index (χ3n) is 2.57. The number of hydrogen-bond donors (Lipinski definition) is 0. The Bertz CT molecular complexity index is 311. The van der Waals surface area contributed by atoms with E-state index in [1.165, 1.54) is 0 Å². The summed E-state index contributed by atoms with van der Waals surface area (Å²) in [6.07, 6.45) is 1.13. The highest BCUT2D eigenvalue weighted by atomic mass is 35.5. The maximum atomic E-state index is 5.67. The van der Waals surface area contributed by atoms with E-state index in [0.29, 0.717) is 11.1 Å². The van der Waals surface area contributed by atoms with Gasteiger partial charge in [-0.3, -0.25) is 0 Å². The van der Waals surface area contributed by atoms with E-state index >= 15 is 0 Å². The van der Waals surface area contributed by atoms with E-state index in [1.54, 1.807) is 6.07 Å². The molecule has 2 rings (SSSR count). The first kappa shape index (κ1) is 10.6. The van der Waals surface area contributed by atoms with E-state index in [1.807, 2.05) is 13.1 Å². The molecular weight excluding hydrogens is 214 g/mol. The molecule has 1 fully saturated rings. The summed E-state index contributed by atoms with van der Waals surface area (Å²) >= 11 is 5.67. The van der Waals surface area contributed by atoms with Crippen LogP contribution in [0, 0.1) is 5.92 Å². The molecule has 1 aliphatic rings. The molecule has 82 valence electrons. The fourth-order valence-corrected chi connectivity index (χ4v) is 1.82. The number of nitrogens with zero attached hydrogens (tertiary/aromatic N) is 3. The summed E-state index contributed by atoms with van der Waals surface area (Å²) in [4.78, 5) is 2.09. The monoisotopic (exact) mass is 227 g/mol. The molecule has 0 amide bonds. The normalized spacial score (nSPS) is 20.5. The number of ether oxygens (including phenoxy) is 1. The average molecular weight is 228 g/mol. The van der Waals surface area contributed by atoms with Gasteiger partial charge in [-0.05, 0) is 18.6 Å². The molecule has 0 aliphatic carbocycles. The van der Waals surface area contributed by atoms with Crippen molar-refractivity contribution in [1.82, 2.24) is 10.2 Å². The zero-order chi connectivity index (χ0) is 10.7. The van der Waals surface area contributed by atoms with Crippen LogP contribution in [0.25, 0.3) is 0 Å². The van der Waals surface area contributed by atoms with Gasteiger partial charge in [0.05, 0.1) is 6.61 Å². The maximum Gasteiger partial charge on any atom is 0.151 e. The van der Waals surface area contributed by atoms with Crippen molar-refractivity contribution in [3.8, 4) is 0 Å². The van der Waals surface area contributed by atoms with Gasteiger partial charge in [0.2, 0.25) is 0 Å². The predicted octanol–water partition coefficient (Wildman–Crippen LogP) is 1.60. The largest absolute Gasteiger partial charge is 0.381 e. The Hall–Kier alpha value is -0.870. The summed E-state index contributed by atoms with van der Waals surface area (Å²) in [7, 11) is 2.01. The quantitative estimate of drug-likeness (QED) is 0.786. The molecule has 0 saturated carbocycles. The van der Waals surface area contributed by atoms with Crippen LogP contribution in [0.5, 0.6) is 0 Å². The molecule has 1 aliphatic heterocycles. The van der Waals surface area contributed by atoms with Gasteiger partial charge < -0.3 is 9.64 Å². The van der Waals surface area contributed by atoms with Gasteiger partial charge in [-0.2, -0.15) is 0 Å². The molecule has 0 spiro atoms. The minimum atomic E-state index is 0.427. The Balaban J connectivity index is 1.94. The standard InChI is InChI=1S/C10H14ClN3O/c1-14(6-8-4-5-15-7-8)10-3-2-9(11)12-13-10/h2-3,8H,4-7H2,1H3. The molecule has 5 heteroatoms. The van der Waals surface area contributed by atoms with Crippen molar-refractivity contribution < 1.29 is 4.74 Å². The molecule has 0 aromatic carbocycles. The summed E-state index contributed by atoms with van der Waals surface area (Å²) in [5.41, 5.74) is 0. The number of anilines is 1. The second-order valence-corrected chi connectivity index (χ2v) is 4.21. The molecular formula is C10H14ClN3O. The fourth-order valence-electron chi connectivity index (χ4n) is 1.72. The molecule has 15 heavy (non-hydrogen) atoms. The van der Waals surface area contributed by atoms with Gasteiger partial charge in [0.1, 0.15) is 0 Å².